The number of nitrogens with zero attached hydrogens (tertiary/aromatic N) is 2. The summed E-state index contributed by atoms with van der Waals surface area (Å²) in [6.45, 7) is 9.22. The molecule has 0 aromatic heterocycles. The maximum absolute atomic E-state index is 10.8. The van der Waals surface area contributed by atoms with Crippen LogP contribution in [0.15, 0.2) is 48.5 Å². The van der Waals surface area contributed by atoms with Crippen molar-refractivity contribution in [2.75, 3.05) is 42.1 Å². The maximum Gasteiger partial charge on any atom is 0.229 e. The number of hydrogen-bond acceptors (Lipinski definition) is 4. The minimum atomic E-state index is -3.14. The predicted molar refractivity (Wildman–Crippen MR) is 122 cm³/mol. The molecule has 0 radical (unpaired) electrons. The summed E-state index contributed by atoms with van der Waals surface area (Å²) in [6, 6.07) is 16.9. The van der Waals surface area contributed by atoms with Crippen LogP contribution in [0.25, 0.3) is 0 Å². The predicted octanol–water partition coefficient (Wildman–Crippen LogP) is 3.90. The first kappa shape index (κ1) is 21.7. The Morgan fingerprint density at radius 2 is 1.66 bits per heavy atom. The lowest BCUT2D eigenvalue weighted by molar-refractivity contribution is 0.219. The van der Waals surface area contributed by atoms with Crippen molar-refractivity contribution in [2.45, 2.75) is 39.2 Å². The molecule has 2 aliphatic rings. The summed E-state index contributed by atoms with van der Waals surface area (Å²) in [4.78, 5) is 5.22. The van der Waals surface area contributed by atoms with Gasteiger partial charge in [0.05, 0.1) is 6.26 Å². The number of piperidine rings is 1. The lowest BCUT2D eigenvalue weighted by Gasteiger charge is -2.37. The summed E-state index contributed by atoms with van der Waals surface area (Å²) in [5.74, 6) is 0. The highest BCUT2D eigenvalue weighted by molar-refractivity contribution is 7.92. The van der Waals surface area contributed by atoms with Crippen LogP contribution in [0.5, 0.6) is 0 Å². The Morgan fingerprint density at radius 3 is 2.28 bits per heavy atom. The van der Waals surface area contributed by atoms with Crippen LogP contribution in [-0.2, 0) is 16.4 Å². The molecular weight excluding hydrogens is 382 g/mol. The fourth-order valence-corrected chi connectivity index (χ4v) is 4.69. The van der Waals surface area contributed by atoms with Gasteiger partial charge in [-0.05, 0) is 56.5 Å². The van der Waals surface area contributed by atoms with Gasteiger partial charge in [0.15, 0.2) is 0 Å². The number of sulfonamides is 1. The minimum absolute atomic E-state index is 0.600. The van der Waals surface area contributed by atoms with E-state index in [-0.39, 0.29) is 0 Å². The number of likely N-dealkylation sites (tertiary alicyclic amines) is 1. The topological polar surface area (TPSA) is 52.6 Å². The van der Waals surface area contributed by atoms with E-state index in [2.05, 4.69) is 45.7 Å². The highest BCUT2D eigenvalue weighted by atomic mass is 32.2. The van der Waals surface area contributed by atoms with Crippen molar-refractivity contribution >= 4 is 21.4 Å². The van der Waals surface area contributed by atoms with E-state index in [0.717, 1.165) is 17.9 Å². The first-order valence-electron chi connectivity index (χ1n) is 10.5. The molecule has 1 fully saturated rings. The van der Waals surface area contributed by atoms with Gasteiger partial charge in [-0.15, -0.1) is 0 Å². The first-order chi connectivity index (χ1) is 13.9. The molecule has 2 aliphatic heterocycles. The second-order valence-electron chi connectivity index (χ2n) is 7.98. The number of anilines is 2. The summed E-state index contributed by atoms with van der Waals surface area (Å²) in [7, 11) is -3.14. The first-order valence-corrected chi connectivity index (χ1v) is 12.4. The Morgan fingerprint density at radius 1 is 1.00 bits per heavy atom. The molecule has 158 valence electrons. The van der Waals surface area contributed by atoms with Gasteiger partial charge in [0, 0.05) is 37.1 Å². The lowest BCUT2D eigenvalue weighted by atomic mass is 10.0. The molecule has 0 unspecified atom stereocenters. The smallest absolute Gasteiger partial charge is 0.229 e. The molecule has 6 heteroatoms. The third-order valence-electron chi connectivity index (χ3n) is 5.72. The number of fused-ring (bicyclic) bond motifs is 1. The van der Waals surface area contributed by atoms with Crippen molar-refractivity contribution in [1.82, 2.24) is 4.90 Å². The summed E-state index contributed by atoms with van der Waals surface area (Å²) >= 11 is 0. The van der Waals surface area contributed by atoms with Crippen molar-refractivity contribution in [3.63, 3.8) is 0 Å². The zero-order chi connectivity index (χ0) is 20.9. The van der Waals surface area contributed by atoms with Crippen LogP contribution < -0.4 is 9.62 Å². The SMILES string of the molecule is CCN1CCC(N2CCc3ccccc32)CC1.Cc1ccc(NS(C)(=O)=O)cc1. The van der Waals surface area contributed by atoms with Crippen LogP contribution in [0.2, 0.25) is 0 Å². The van der Waals surface area contributed by atoms with Crippen LogP contribution in [0.1, 0.15) is 30.9 Å². The molecule has 0 spiro atoms. The van der Waals surface area contributed by atoms with Gasteiger partial charge < -0.3 is 9.80 Å². The Balaban J connectivity index is 0.000000177. The molecule has 4 rings (SSSR count). The summed E-state index contributed by atoms with van der Waals surface area (Å²) < 4.78 is 23.9. The summed E-state index contributed by atoms with van der Waals surface area (Å²) in [5, 5.41) is 0. The van der Waals surface area contributed by atoms with Gasteiger partial charge in [0.1, 0.15) is 0 Å². The summed E-state index contributed by atoms with van der Waals surface area (Å²) in [5.41, 5.74) is 4.75. The van der Waals surface area contributed by atoms with E-state index in [9.17, 15) is 8.42 Å². The fraction of sp³-hybridized carbons (Fsp3) is 0.478. The van der Waals surface area contributed by atoms with Gasteiger partial charge in [-0.3, -0.25) is 4.72 Å². The van der Waals surface area contributed by atoms with Crippen LogP contribution in [-0.4, -0.2) is 51.8 Å². The Kier molecular flexibility index (Phi) is 7.19. The van der Waals surface area contributed by atoms with E-state index < -0.39 is 10.0 Å². The molecular formula is C23H33N3O2S. The molecule has 0 aliphatic carbocycles. The quantitative estimate of drug-likeness (QED) is 0.823. The average Bonchev–Trinajstić information content (AvgIpc) is 3.13. The minimum Gasteiger partial charge on any atom is -0.368 e. The monoisotopic (exact) mass is 415 g/mol. The molecule has 0 atom stereocenters. The molecule has 0 saturated carbocycles. The third-order valence-corrected chi connectivity index (χ3v) is 6.33. The number of aryl methyl sites for hydroxylation is 1. The fourth-order valence-electron chi connectivity index (χ4n) is 4.13. The van der Waals surface area contributed by atoms with Crippen LogP contribution in [0.3, 0.4) is 0 Å². The van der Waals surface area contributed by atoms with Crippen LogP contribution in [0, 0.1) is 6.92 Å². The Hall–Kier alpha value is -2.05. The van der Waals surface area contributed by atoms with Gasteiger partial charge in [-0.2, -0.15) is 0 Å². The molecule has 1 saturated heterocycles. The maximum atomic E-state index is 10.8. The average molecular weight is 416 g/mol. The van der Waals surface area contributed by atoms with Gasteiger partial charge in [-0.25, -0.2) is 8.42 Å². The number of rotatable bonds is 4. The second kappa shape index (κ2) is 9.63. The molecule has 29 heavy (non-hydrogen) atoms. The number of nitrogens with one attached hydrogen (secondary N) is 1. The lowest BCUT2D eigenvalue weighted by Crippen LogP contribution is -2.44. The highest BCUT2D eigenvalue weighted by Gasteiger charge is 2.28. The van der Waals surface area contributed by atoms with Gasteiger partial charge in [0.25, 0.3) is 0 Å². The molecule has 0 amide bonds. The van der Waals surface area contributed by atoms with E-state index in [1.807, 2.05) is 19.1 Å². The molecule has 2 heterocycles. The molecule has 2 aromatic carbocycles. The standard InChI is InChI=1S/C15H22N2.C8H11NO2S/c1-2-16-10-8-14(9-11-16)17-12-7-13-5-3-4-6-15(13)17;1-7-3-5-8(6-4-7)9-12(2,10)11/h3-6,14H,2,7-12H2,1H3;3-6,9H,1-2H3. The van der Waals surface area contributed by atoms with Crippen molar-refractivity contribution in [3.05, 3.63) is 59.7 Å². The van der Waals surface area contributed by atoms with Gasteiger partial charge in [0.2, 0.25) is 10.0 Å². The third kappa shape index (κ3) is 6.21. The van der Waals surface area contributed by atoms with E-state index in [4.69, 9.17) is 0 Å². The van der Waals surface area contributed by atoms with Crippen LogP contribution in [0.4, 0.5) is 11.4 Å². The van der Waals surface area contributed by atoms with E-state index in [0.29, 0.717) is 5.69 Å². The number of hydrogen-bond donors (Lipinski definition) is 1. The highest BCUT2D eigenvalue weighted by Crippen LogP contribution is 2.32. The van der Waals surface area contributed by atoms with Gasteiger partial charge >= 0.3 is 0 Å². The van der Waals surface area contributed by atoms with E-state index >= 15 is 0 Å². The molecule has 2 aromatic rings. The van der Waals surface area contributed by atoms with Crippen molar-refractivity contribution in [1.29, 1.82) is 0 Å². The second-order valence-corrected chi connectivity index (χ2v) is 9.73. The molecule has 1 N–H and O–H groups in total. The van der Waals surface area contributed by atoms with Gasteiger partial charge in [-0.1, -0.05) is 42.8 Å². The Bertz CT molecular complexity index is 889. The molecule has 0 bridgehead atoms. The summed E-state index contributed by atoms with van der Waals surface area (Å²) in [6.07, 6.45) is 5.04. The van der Waals surface area contributed by atoms with Crippen molar-refractivity contribution in [3.8, 4) is 0 Å². The zero-order valence-corrected chi connectivity index (χ0v) is 18.6. The number of para-hydroxylation sites is 1. The Labute approximate surface area is 175 Å². The largest absolute Gasteiger partial charge is 0.368 e. The van der Waals surface area contributed by atoms with E-state index in [1.54, 1.807) is 17.7 Å². The van der Waals surface area contributed by atoms with Crippen molar-refractivity contribution < 1.29 is 8.42 Å². The van der Waals surface area contributed by atoms with Crippen LogP contribution >= 0.6 is 0 Å². The molecule has 5 nitrogen and oxygen atoms in total. The van der Waals surface area contributed by atoms with E-state index in [1.165, 1.54) is 51.1 Å². The normalized spacial score (nSPS) is 17.4. The zero-order valence-electron chi connectivity index (χ0n) is 17.8. The van der Waals surface area contributed by atoms with Crippen molar-refractivity contribution in [2.24, 2.45) is 0 Å². The number of benzene rings is 2.